The molecule has 26 heavy (non-hydrogen) atoms. The Hall–Kier alpha value is -2.37. The van der Waals surface area contributed by atoms with Crippen LogP contribution in [0.15, 0.2) is 53.6 Å². The van der Waals surface area contributed by atoms with Crippen LogP contribution in [0.2, 0.25) is 5.02 Å². The second kappa shape index (κ2) is 8.83. The molecule has 0 spiro atoms. The van der Waals surface area contributed by atoms with E-state index in [1.165, 1.54) is 0 Å². The van der Waals surface area contributed by atoms with E-state index >= 15 is 0 Å². The lowest BCUT2D eigenvalue weighted by Crippen LogP contribution is -1.96. The number of rotatable bonds is 7. The van der Waals surface area contributed by atoms with Gasteiger partial charge >= 0.3 is 0 Å². The van der Waals surface area contributed by atoms with Gasteiger partial charge in [-0.1, -0.05) is 48.9 Å². The number of halogens is 1. The first-order valence-electron chi connectivity index (χ1n) is 8.41. The van der Waals surface area contributed by atoms with Crippen molar-refractivity contribution in [2.75, 3.05) is 12.0 Å². The largest absolute Gasteiger partial charge is 0.492 e. The molecule has 1 aromatic heterocycles. The summed E-state index contributed by atoms with van der Waals surface area (Å²) in [6.07, 6.45) is 2.66. The van der Waals surface area contributed by atoms with E-state index in [0.29, 0.717) is 17.4 Å². The lowest BCUT2D eigenvalue weighted by molar-refractivity contribution is 0.317. The van der Waals surface area contributed by atoms with Crippen LogP contribution >= 0.6 is 22.9 Å². The highest BCUT2D eigenvalue weighted by Gasteiger charge is 2.08. The summed E-state index contributed by atoms with van der Waals surface area (Å²) in [6, 6.07) is 15.7. The minimum atomic E-state index is 0.582. The second-order valence-electron chi connectivity index (χ2n) is 5.70. The van der Waals surface area contributed by atoms with Crippen LogP contribution in [0.4, 0.5) is 5.13 Å². The lowest BCUT2D eigenvalue weighted by Gasteiger charge is -2.06. The maximum Gasteiger partial charge on any atom is 0.204 e. The molecular formula is C20H20ClN3OS. The first-order valence-corrected chi connectivity index (χ1v) is 9.61. The SMILES string of the molecule is CCCOc1ccc(/C=N\Nc2nc(-c3ccccc3)c(C)s2)cc1Cl. The van der Waals surface area contributed by atoms with E-state index in [9.17, 15) is 0 Å². The van der Waals surface area contributed by atoms with Crippen LogP contribution in [-0.4, -0.2) is 17.8 Å². The summed E-state index contributed by atoms with van der Waals surface area (Å²) in [7, 11) is 0. The van der Waals surface area contributed by atoms with E-state index in [1.807, 2.05) is 36.4 Å². The number of nitrogens with one attached hydrogen (secondary N) is 1. The van der Waals surface area contributed by atoms with Gasteiger partial charge in [0.2, 0.25) is 5.13 Å². The standard InChI is InChI=1S/C20H20ClN3OS/c1-3-11-25-18-10-9-15(12-17(18)21)13-22-24-20-23-19(14(2)26-20)16-7-5-4-6-8-16/h4-10,12-13H,3,11H2,1-2H3,(H,23,24)/b22-13-. The molecule has 1 heterocycles. The molecule has 0 aliphatic carbocycles. The van der Waals surface area contributed by atoms with E-state index in [2.05, 4.69) is 41.5 Å². The number of hydrogen-bond donors (Lipinski definition) is 1. The molecule has 0 saturated carbocycles. The highest BCUT2D eigenvalue weighted by molar-refractivity contribution is 7.15. The lowest BCUT2D eigenvalue weighted by atomic mass is 10.1. The average Bonchev–Trinajstić information content (AvgIpc) is 3.02. The number of aromatic nitrogens is 1. The predicted molar refractivity (Wildman–Crippen MR) is 111 cm³/mol. The number of anilines is 1. The van der Waals surface area contributed by atoms with Crippen molar-refractivity contribution in [3.63, 3.8) is 0 Å². The molecule has 3 aromatic rings. The van der Waals surface area contributed by atoms with Crippen LogP contribution < -0.4 is 10.2 Å². The topological polar surface area (TPSA) is 46.5 Å². The normalized spacial score (nSPS) is 11.0. The molecule has 0 bridgehead atoms. The minimum Gasteiger partial charge on any atom is -0.492 e. The Balaban J connectivity index is 1.67. The van der Waals surface area contributed by atoms with Crippen molar-refractivity contribution < 1.29 is 4.74 Å². The van der Waals surface area contributed by atoms with Gasteiger partial charge in [0.1, 0.15) is 5.75 Å². The maximum atomic E-state index is 6.24. The number of hydrogen-bond acceptors (Lipinski definition) is 5. The summed E-state index contributed by atoms with van der Waals surface area (Å²) < 4.78 is 5.57. The van der Waals surface area contributed by atoms with Crippen molar-refractivity contribution in [1.82, 2.24) is 4.98 Å². The highest BCUT2D eigenvalue weighted by atomic mass is 35.5. The van der Waals surface area contributed by atoms with Gasteiger partial charge in [0.15, 0.2) is 0 Å². The fourth-order valence-electron chi connectivity index (χ4n) is 2.40. The fraction of sp³-hybridized carbons (Fsp3) is 0.200. The quantitative estimate of drug-likeness (QED) is 0.400. The first-order chi connectivity index (χ1) is 12.7. The molecule has 0 radical (unpaired) electrons. The van der Waals surface area contributed by atoms with Crippen LogP contribution in [0.25, 0.3) is 11.3 Å². The summed E-state index contributed by atoms with van der Waals surface area (Å²) in [4.78, 5) is 5.77. The molecule has 0 aliphatic heterocycles. The number of ether oxygens (including phenoxy) is 1. The van der Waals surface area contributed by atoms with Gasteiger partial charge in [-0.2, -0.15) is 5.10 Å². The molecule has 6 heteroatoms. The molecule has 4 nitrogen and oxygen atoms in total. The first kappa shape index (κ1) is 18.4. The number of thiazole rings is 1. The molecule has 3 rings (SSSR count). The average molecular weight is 386 g/mol. The fourth-order valence-corrected chi connectivity index (χ4v) is 3.43. The minimum absolute atomic E-state index is 0.582. The molecule has 0 atom stereocenters. The van der Waals surface area contributed by atoms with Gasteiger partial charge in [0.25, 0.3) is 0 Å². The van der Waals surface area contributed by atoms with Gasteiger partial charge in [-0.15, -0.1) is 11.3 Å². The van der Waals surface area contributed by atoms with E-state index in [0.717, 1.165) is 33.3 Å². The van der Waals surface area contributed by atoms with Gasteiger partial charge in [-0.25, -0.2) is 4.98 Å². The van der Waals surface area contributed by atoms with Crippen molar-refractivity contribution in [2.45, 2.75) is 20.3 Å². The number of hydrazone groups is 1. The summed E-state index contributed by atoms with van der Waals surface area (Å²) in [5.41, 5.74) is 5.97. The zero-order chi connectivity index (χ0) is 18.4. The van der Waals surface area contributed by atoms with E-state index in [1.54, 1.807) is 17.6 Å². The molecule has 0 unspecified atom stereocenters. The van der Waals surface area contributed by atoms with Crippen molar-refractivity contribution >= 4 is 34.3 Å². The van der Waals surface area contributed by atoms with Crippen LogP contribution in [-0.2, 0) is 0 Å². The van der Waals surface area contributed by atoms with Gasteiger partial charge < -0.3 is 4.74 Å². The Labute approximate surface area is 162 Å². The third-order valence-corrected chi connectivity index (χ3v) is 4.81. The van der Waals surface area contributed by atoms with Crippen LogP contribution in [0.1, 0.15) is 23.8 Å². The second-order valence-corrected chi connectivity index (χ2v) is 7.31. The molecule has 134 valence electrons. The Bertz CT molecular complexity index is 893. The van der Waals surface area contributed by atoms with E-state index < -0.39 is 0 Å². The number of benzene rings is 2. The van der Waals surface area contributed by atoms with Crippen molar-refractivity contribution in [3.8, 4) is 17.0 Å². The Morgan fingerprint density at radius 1 is 1.23 bits per heavy atom. The molecule has 2 aromatic carbocycles. The number of nitrogens with zero attached hydrogens (tertiary/aromatic N) is 2. The highest BCUT2D eigenvalue weighted by Crippen LogP contribution is 2.30. The zero-order valence-corrected chi connectivity index (χ0v) is 16.3. The third-order valence-electron chi connectivity index (χ3n) is 3.64. The predicted octanol–water partition coefficient (Wildman–Crippen LogP) is 6.01. The summed E-state index contributed by atoms with van der Waals surface area (Å²) in [6.45, 7) is 4.77. The Morgan fingerprint density at radius 3 is 2.77 bits per heavy atom. The monoisotopic (exact) mass is 385 g/mol. The molecule has 0 amide bonds. The van der Waals surface area contributed by atoms with Crippen molar-refractivity contribution in [1.29, 1.82) is 0 Å². The zero-order valence-electron chi connectivity index (χ0n) is 14.7. The number of aryl methyl sites for hydroxylation is 1. The van der Waals surface area contributed by atoms with Gasteiger partial charge in [0, 0.05) is 10.4 Å². The molecule has 1 N–H and O–H groups in total. The van der Waals surface area contributed by atoms with Crippen LogP contribution in [0.5, 0.6) is 5.75 Å². The Morgan fingerprint density at radius 2 is 2.04 bits per heavy atom. The van der Waals surface area contributed by atoms with Crippen molar-refractivity contribution in [2.24, 2.45) is 5.10 Å². The summed E-state index contributed by atoms with van der Waals surface area (Å²) in [5.74, 6) is 0.696. The third kappa shape index (κ3) is 4.62. The Kier molecular flexibility index (Phi) is 6.26. The van der Waals surface area contributed by atoms with E-state index in [-0.39, 0.29) is 0 Å². The van der Waals surface area contributed by atoms with Crippen LogP contribution in [0.3, 0.4) is 0 Å². The molecule has 0 saturated heterocycles. The van der Waals surface area contributed by atoms with Gasteiger partial charge in [-0.3, -0.25) is 5.43 Å². The summed E-state index contributed by atoms with van der Waals surface area (Å²) in [5, 5.41) is 5.60. The summed E-state index contributed by atoms with van der Waals surface area (Å²) >= 11 is 7.81. The van der Waals surface area contributed by atoms with Crippen LogP contribution in [0, 0.1) is 6.92 Å². The van der Waals surface area contributed by atoms with Crippen molar-refractivity contribution in [3.05, 3.63) is 64.0 Å². The molecular weight excluding hydrogens is 366 g/mol. The molecule has 0 aliphatic rings. The molecule has 0 fully saturated rings. The van der Waals surface area contributed by atoms with E-state index in [4.69, 9.17) is 16.3 Å². The maximum absolute atomic E-state index is 6.24. The smallest absolute Gasteiger partial charge is 0.204 e. The van der Waals surface area contributed by atoms with Gasteiger partial charge in [0.05, 0.1) is 23.5 Å². The van der Waals surface area contributed by atoms with Gasteiger partial charge in [-0.05, 0) is 37.1 Å².